The molecule has 222 valence electrons. The number of piperidine rings is 2. The molecule has 0 spiro atoms. The maximum absolute atomic E-state index is 13.9. The van der Waals surface area contributed by atoms with Crippen LogP contribution in [0, 0.1) is 0 Å². The second-order valence-electron chi connectivity index (χ2n) is 11.7. The fourth-order valence-electron chi connectivity index (χ4n) is 6.65. The van der Waals surface area contributed by atoms with E-state index in [1.54, 1.807) is 22.1 Å². The third-order valence-corrected chi connectivity index (χ3v) is 9.01. The lowest BCUT2D eigenvalue weighted by Gasteiger charge is -2.38. The molecular weight excluding hydrogens is 545 g/mol. The van der Waals surface area contributed by atoms with Gasteiger partial charge in [0, 0.05) is 51.5 Å². The fraction of sp³-hybridized carbons (Fsp3) is 0.621. The van der Waals surface area contributed by atoms with E-state index in [-0.39, 0.29) is 55.4 Å². The second kappa shape index (κ2) is 10.6. The number of aromatic nitrogens is 2. The zero-order valence-electron chi connectivity index (χ0n) is 22.8. The Kier molecular flexibility index (Phi) is 7.22. The molecule has 4 fully saturated rings. The fourth-order valence-corrected chi connectivity index (χ4v) is 6.65. The third kappa shape index (κ3) is 5.53. The van der Waals surface area contributed by atoms with Gasteiger partial charge in [-0.05, 0) is 50.2 Å². The highest BCUT2D eigenvalue weighted by Crippen LogP contribution is 2.45. The summed E-state index contributed by atoms with van der Waals surface area (Å²) in [7, 11) is 0. The van der Waals surface area contributed by atoms with E-state index in [0.29, 0.717) is 50.9 Å². The summed E-state index contributed by atoms with van der Waals surface area (Å²) in [5, 5.41) is 4.62. The zero-order valence-corrected chi connectivity index (χ0v) is 22.8. The van der Waals surface area contributed by atoms with Gasteiger partial charge in [-0.1, -0.05) is 18.2 Å². The van der Waals surface area contributed by atoms with Crippen LogP contribution in [0.15, 0.2) is 30.5 Å². The van der Waals surface area contributed by atoms with Gasteiger partial charge in [0.2, 0.25) is 0 Å². The average Bonchev–Trinajstić information content (AvgIpc) is 3.49. The number of alkyl halides is 5. The second-order valence-corrected chi connectivity index (χ2v) is 11.7. The van der Waals surface area contributed by atoms with Gasteiger partial charge in [-0.3, -0.25) is 9.48 Å². The molecule has 0 radical (unpaired) electrons. The van der Waals surface area contributed by atoms with Gasteiger partial charge in [-0.25, -0.2) is 13.6 Å². The SMILES string of the molecule is O=C(N1CCC(n2ncc(C(=O)N3CCCC3c3ccccc3C(F)(F)F)c2C2CC2)CC1)N1CCC(F)(F)CC1. The van der Waals surface area contributed by atoms with Crippen LogP contribution in [0.3, 0.4) is 0 Å². The van der Waals surface area contributed by atoms with E-state index >= 15 is 0 Å². The summed E-state index contributed by atoms with van der Waals surface area (Å²) >= 11 is 0. The van der Waals surface area contributed by atoms with Crippen molar-refractivity contribution in [2.75, 3.05) is 32.7 Å². The van der Waals surface area contributed by atoms with Crippen molar-refractivity contribution in [1.82, 2.24) is 24.5 Å². The molecule has 3 aliphatic heterocycles. The van der Waals surface area contributed by atoms with Crippen LogP contribution < -0.4 is 0 Å². The van der Waals surface area contributed by atoms with Crippen LogP contribution in [-0.2, 0) is 6.18 Å². The Hall–Kier alpha value is -3.18. The summed E-state index contributed by atoms with van der Waals surface area (Å²) in [5.41, 5.74) is 0.715. The molecule has 12 heteroatoms. The smallest absolute Gasteiger partial charge is 0.331 e. The highest BCUT2D eigenvalue weighted by molar-refractivity contribution is 5.96. The van der Waals surface area contributed by atoms with Gasteiger partial charge in [0.05, 0.1) is 35.1 Å². The molecule has 4 heterocycles. The highest BCUT2D eigenvalue weighted by Gasteiger charge is 2.42. The van der Waals surface area contributed by atoms with Crippen molar-refractivity contribution in [3.05, 3.63) is 52.8 Å². The maximum atomic E-state index is 13.9. The summed E-state index contributed by atoms with van der Waals surface area (Å²) < 4.78 is 70.3. The molecule has 3 amide bonds. The number of nitrogens with zero attached hydrogens (tertiary/aromatic N) is 5. The van der Waals surface area contributed by atoms with E-state index in [2.05, 4.69) is 5.10 Å². The molecule has 1 aromatic heterocycles. The first-order chi connectivity index (χ1) is 19.5. The van der Waals surface area contributed by atoms with Crippen molar-refractivity contribution >= 4 is 11.9 Å². The molecule has 1 saturated carbocycles. The molecule has 1 atom stereocenters. The topological polar surface area (TPSA) is 61.7 Å². The number of amides is 3. The minimum atomic E-state index is -4.51. The number of rotatable bonds is 4. The van der Waals surface area contributed by atoms with Crippen molar-refractivity contribution in [3.63, 3.8) is 0 Å². The van der Waals surface area contributed by atoms with Crippen molar-refractivity contribution in [2.24, 2.45) is 0 Å². The predicted molar refractivity (Wildman–Crippen MR) is 140 cm³/mol. The third-order valence-electron chi connectivity index (χ3n) is 9.01. The molecule has 3 saturated heterocycles. The van der Waals surface area contributed by atoms with Crippen LogP contribution in [0.1, 0.15) is 96.5 Å². The van der Waals surface area contributed by atoms with Crippen LogP contribution >= 0.6 is 0 Å². The molecular formula is C29H34F5N5O2. The molecule has 1 aliphatic carbocycles. The van der Waals surface area contributed by atoms with Crippen LogP contribution in [0.2, 0.25) is 0 Å². The Bertz CT molecular complexity index is 1290. The highest BCUT2D eigenvalue weighted by atomic mass is 19.4. The summed E-state index contributed by atoms with van der Waals surface area (Å²) in [6, 6.07) is 4.60. The lowest BCUT2D eigenvalue weighted by atomic mass is 9.97. The monoisotopic (exact) mass is 579 g/mol. The Morgan fingerprint density at radius 1 is 0.878 bits per heavy atom. The molecule has 4 aliphatic rings. The first-order valence-corrected chi connectivity index (χ1v) is 14.5. The number of halogens is 5. The Labute approximate surface area is 235 Å². The van der Waals surface area contributed by atoms with Crippen molar-refractivity contribution < 1.29 is 31.5 Å². The molecule has 7 nitrogen and oxygen atoms in total. The summed E-state index contributed by atoms with van der Waals surface area (Å²) in [4.78, 5) is 31.6. The predicted octanol–water partition coefficient (Wildman–Crippen LogP) is 6.24. The van der Waals surface area contributed by atoms with Gasteiger partial charge >= 0.3 is 12.2 Å². The quantitative estimate of drug-likeness (QED) is 0.403. The van der Waals surface area contributed by atoms with Gasteiger partial charge in [0.15, 0.2) is 0 Å². The van der Waals surface area contributed by atoms with Crippen molar-refractivity contribution in [3.8, 4) is 0 Å². The average molecular weight is 580 g/mol. The first-order valence-electron chi connectivity index (χ1n) is 14.5. The van der Waals surface area contributed by atoms with E-state index in [0.717, 1.165) is 24.6 Å². The molecule has 0 bridgehead atoms. The van der Waals surface area contributed by atoms with Gasteiger partial charge < -0.3 is 14.7 Å². The van der Waals surface area contributed by atoms with E-state index in [1.165, 1.54) is 17.0 Å². The Balaban J connectivity index is 1.17. The largest absolute Gasteiger partial charge is 0.416 e. The number of benzene rings is 1. The molecule has 1 unspecified atom stereocenters. The van der Waals surface area contributed by atoms with E-state index in [1.807, 2.05) is 4.68 Å². The standard InChI is InChI=1S/C29H34F5N5O2/c30-28(31)11-16-37(17-12-28)27(41)36-14-9-20(10-15-36)39-25(19-7-8-19)22(18-35-39)26(40)38-13-3-6-24(38)21-4-1-2-5-23(21)29(32,33)34/h1-2,4-5,18-20,24H,3,6-17H2. The number of likely N-dealkylation sites (tertiary alicyclic amines) is 3. The van der Waals surface area contributed by atoms with Crippen molar-refractivity contribution in [2.45, 2.75) is 81.5 Å². The lowest BCUT2D eigenvalue weighted by Crippen LogP contribution is -2.51. The van der Waals surface area contributed by atoms with Gasteiger partial charge in [0.25, 0.3) is 11.8 Å². The number of carbonyl (C=O) groups is 2. The number of hydrogen-bond acceptors (Lipinski definition) is 3. The summed E-state index contributed by atoms with van der Waals surface area (Å²) in [6.07, 6.45) is 0.593. The van der Waals surface area contributed by atoms with Gasteiger partial charge in [-0.15, -0.1) is 0 Å². The van der Waals surface area contributed by atoms with Crippen LogP contribution in [0.25, 0.3) is 0 Å². The lowest BCUT2D eigenvalue weighted by molar-refractivity contribution is -0.138. The molecule has 6 rings (SSSR count). The van der Waals surface area contributed by atoms with E-state index in [4.69, 9.17) is 0 Å². The van der Waals surface area contributed by atoms with Crippen LogP contribution in [-0.4, -0.2) is 75.1 Å². The molecule has 1 aromatic carbocycles. The minimum Gasteiger partial charge on any atom is -0.331 e. The van der Waals surface area contributed by atoms with Crippen LogP contribution in [0.5, 0.6) is 0 Å². The number of hydrogen-bond donors (Lipinski definition) is 0. The maximum Gasteiger partial charge on any atom is 0.416 e. The van der Waals surface area contributed by atoms with Crippen molar-refractivity contribution in [1.29, 1.82) is 0 Å². The molecule has 0 N–H and O–H groups in total. The van der Waals surface area contributed by atoms with E-state index < -0.39 is 23.7 Å². The number of carbonyl (C=O) groups excluding carboxylic acids is 2. The minimum absolute atomic E-state index is 0.0257. The molecule has 2 aromatic rings. The van der Waals surface area contributed by atoms with Crippen LogP contribution in [0.4, 0.5) is 26.7 Å². The summed E-state index contributed by atoms with van der Waals surface area (Å²) in [6.45, 7) is 1.41. The molecule has 41 heavy (non-hydrogen) atoms. The number of urea groups is 1. The Morgan fingerprint density at radius 2 is 1.54 bits per heavy atom. The Morgan fingerprint density at radius 3 is 2.20 bits per heavy atom. The normalized spacial score (nSPS) is 23.7. The van der Waals surface area contributed by atoms with Gasteiger partial charge in [0.1, 0.15) is 0 Å². The van der Waals surface area contributed by atoms with Gasteiger partial charge in [-0.2, -0.15) is 18.3 Å². The summed E-state index contributed by atoms with van der Waals surface area (Å²) in [5.74, 6) is -2.82. The van der Waals surface area contributed by atoms with E-state index in [9.17, 15) is 31.5 Å². The zero-order chi connectivity index (χ0) is 28.9. The first kappa shape index (κ1) is 28.0.